The first-order valence-corrected chi connectivity index (χ1v) is 7.81. The molecule has 0 saturated carbocycles. The van der Waals surface area contributed by atoms with Gasteiger partial charge in [0.25, 0.3) is 5.91 Å². The summed E-state index contributed by atoms with van der Waals surface area (Å²) in [6.07, 6.45) is 1.66. The summed E-state index contributed by atoms with van der Waals surface area (Å²) >= 11 is 0. The van der Waals surface area contributed by atoms with Crippen LogP contribution in [0.1, 0.15) is 22.5 Å². The number of hydrogen-bond acceptors (Lipinski definition) is 4. The Kier molecular flexibility index (Phi) is 6.42. The number of carbonyl (C=O) groups excluding carboxylic acids is 2. The summed E-state index contributed by atoms with van der Waals surface area (Å²) in [6.45, 7) is 3.19. The molecule has 2 amide bonds. The number of amides is 2. The van der Waals surface area contributed by atoms with Gasteiger partial charge in [-0.15, -0.1) is 0 Å². The van der Waals surface area contributed by atoms with Crippen LogP contribution in [0.3, 0.4) is 0 Å². The number of nitrogens with zero attached hydrogens (tertiary/aromatic N) is 1. The van der Waals surface area contributed by atoms with E-state index in [4.69, 9.17) is 9.15 Å². The van der Waals surface area contributed by atoms with Gasteiger partial charge in [-0.05, 0) is 31.2 Å². The Labute approximate surface area is 141 Å². The van der Waals surface area contributed by atoms with Gasteiger partial charge in [0.2, 0.25) is 5.91 Å². The molecule has 1 N–H and O–H groups in total. The summed E-state index contributed by atoms with van der Waals surface area (Å²) in [6, 6.07) is 11.0. The van der Waals surface area contributed by atoms with E-state index in [0.717, 1.165) is 5.75 Å². The van der Waals surface area contributed by atoms with Gasteiger partial charge in [0, 0.05) is 20.0 Å². The van der Waals surface area contributed by atoms with E-state index < -0.39 is 0 Å². The van der Waals surface area contributed by atoms with Gasteiger partial charge in [-0.1, -0.05) is 17.7 Å². The molecule has 0 spiro atoms. The van der Waals surface area contributed by atoms with Crippen LogP contribution >= 0.6 is 0 Å². The van der Waals surface area contributed by atoms with Crippen LogP contribution in [0.4, 0.5) is 0 Å². The lowest BCUT2D eigenvalue weighted by Gasteiger charge is -2.17. The SMILES string of the molecule is Cc1ccc(OCCN(C)C(=O)CCNC(=O)c2ccco2)cc1. The number of rotatable bonds is 8. The van der Waals surface area contributed by atoms with Crippen molar-refractivity contribution in [2.45, 2.75) is 13.3 Å². The van der Waals surface area contributed by atoms with Gasteiger partial charge in [0.1, 0.15) is 12.4 Å². The van der Waals surface area contributed by atoms with Crippen LogP contribution in [-0.4, -0.2) is 43.5 Å². The summed E-state index contributed by atoms with van der Waals surface area (Å²) in [5.74, 6) is 0.648. The van der Waals surface area contributed by atoms with E-state index in [1.807, 2.05) is 31.2 Å². The summed E-state index contributed by atoms with van der Waals surface area (Å²) in [5, 5.41) is 2.65. The first-order valence-electron chi connectivity index (χ1n) is 7.81. The topological polar surface area (TPSA) is 71.8 Å². The molecule has 128 valence electrons. The Morgan fingerprint density at radius 1 is 1.21 bits per heavy atom. The number of nitrogens with one attached hydrogen (secondary N) is 1. The predicted octanol–water partition coefficient (Wildman–Crippen LogP) is 2.25. The van der Waals surface area contributed by atoms with Gasteiger partial charge in [0.05, 0.1) is 12.8 Å². The smallest absolute Gasteiger partial charge is 0.286 e. The standard InChI is InChI=1S/C18H22N2O4/c1-14-5-7-15(8-6-14)23-13-11-20(2)17(21)9-10-19-18(22)16-4-3-12-24-16/h3-8,12H,9-11,13H2,1-2H3,(H,19,22). The quantitative estimate of drug-likeness (QED) is 0.806. The van der Waals surface area contributed by atoms with E-state index in [2.05, 4.69) is 5.32 Å². The zero-order chi connectivity index (χ0) is 17.4. The number of likely N-dealkylation sites (N-methyl/N-ethyl adjacent to an activating group) is 1. The average Bonchev–Trinajstić information content (AvgIpc) is 3.11. The number of furan rings is 1. The Morgan fingerprint density at radius 2 is 1.96 bits per heavy atom. The third-order valence-corrected chi connectivity index (χ3v) is 3.51. The maximum absolute atomic E-state index is 12.0. The van der Waals surface area contributed by atoms with Gasteiger partial charge in [-0.3, -0.25) is 9.59 Å². The van der Waals surface area contributed by atoms with Gasteiger partial charge < -0.3 is 19.4 Å². The predicted molar refractivity (Wildman–Crippen MR) is 90.0 cm³/mol. The van der Waals surface area contributed by atoms with E-state index >= 15 is 0 Å². The van der Waals surface area contributed by atoms with Crippen molar-refractivity contribution in [3.05, 3.63) is 54.0 Å². The highest BCUT2D eigenvalue weighted by Gasteiger charge is 2.11. The zero-order valence-corrected chi connectivity index (χ0v) is 14.0. The minimum atomic E-state index is -0.321. The van der Waals surface area contributed by atoms with Crippen LogP contribution in [0.25, 0.3) is 0 Å². The van der Waals surface area contributed by atoms with Gasteiger partial charge in [-0.2, -0.15) is 0 Å². The molecule has 1 aromatic carbocycles. The lowest BCUT2D eigenvalue weighted by Crippen LogP contribution is -2.34. The van der Waals surface area contributed by atoms with Crippen LogP contribution < -0.4 is 10.1 Å². The van der Waals surface area contributed by atoms with Crippen molar-refractivity contribution in [1.82, 2.24) is 10.2 Å². The van der Waals surface area contributed by atoms with Crippen LogP contribution in [-0.2, 0) is 4.79 Å². The third-order valence-electron chi connectivity index (χ3n) is 3.51. The van der Waals surface area contributed by atoms with E-state index in [0.29, 0.717) is 13.2 Å². The normalized spacial score (nSPS) is 10.2. The third kappa shape index (κ3) is 5.46. The Hall–Kier alpha value is -2.76. The van der Waals surface area contributed by atoms with Crippen molar-refractivity contribution < 1.29 is 18.7 Å². The second kappa shape index (κ2) is 8.76. The molecule has 0 aliphatic rings. The van der Waals surface area contributed by atoms with Crippen LogP contribution in [0.15, 0.2) is 47.1 Å². The lowest BCUT2D eigenvalue weighted by molar-refractivity contribution is -0.130. The van der Waals surface area contributed by atoms with Gasteiger partial charge >= 0.3 is 0 Å². The first kappa shape index (κ1) is 17.6. The maximum Gasteiger partial charge on any atom is 0.286 e. The molecule has 1 heterocycles. The van der Waals surface area contributed by atoms with E-state index in [9.17, 15) is 9.59 Å². The average molecular weight is 330 g/mol. The van der Waals surface area contributed by atoms with Crippen LogP contribution in [0.2, 0.25) is 0 Å². The molecule has 1 aromatic heterocycles. The summed E-state index contributed by atoms with van der Waals surface area (Å²) in [4.78, 5) is 25.2. The Bertz CT molecular complexity index is 650. The molecule has 6 nitrogen and oxygen atoms in total. The molecule has 0 aliphatic heterocycles. The molecule has 0 saturated heterocycles. The molecule has 0 fully saturated rings. The second-order valence-electron chi connectivity index (χ2n) is 5.46. The van der Waals surface area contributed by atoms with Crippen LogP contribution in [0, 0.1) is 6.92 Å². The van der Waals surface area contributed by atoms with Crippen molar-refractivity contribution in [1.29, 1.82) is 0 Å². The molecule has 2 aromatic rings. The van der Waals surface area contributed by atoms with Crippen molar-refractivity contribution in [3.8, 4) is 5.75 Å². The number of aryl methyl sites for hydroxylation is 1. The monoisotopic (exact) mass is 330 g/mol. The largest absolute Gasteiger partial charge is 0.492 e. The van der Waals surface area contributed by atoms with Gasteiger partial charge in [-0.25, -0.2) is 0 Å². The fourth-order valence-electron chi connectivity index (χ4n) is 2.03. The number of carbonyl (C=O) groups is 2. The highest BCUT2D eigenvalue weighted by Crippen LogP contribution is 2.11. The molecule has 24 heavy (non-hydrogen) atoms. The van der Waals surface area contributed by atoms with E-state index in [1.165, 1.54) is 11.8 Å². The minimum Gasteiger partial charge on any atom is -0.492 e. The molecular formula is C18H22N2O4. The van der Waals surface area contributed by atoms with Crippen LogP contribution in [0.5, 0.6) is 5.75 Å². The highest BCUT2D eigenvalue weighted by atomic mass is 16.5. The molecule has 6 heteroatoms. The Morgan fingerprint density at radius 3 is 2.62 bits per heavy atom. The summed E-state index contributed by atoms with van der Waals surface area (Å²) in [7, 11) is 1.72. The lowest BCUT2D eigenvalue weighted by atomic mass is 10.2. The van der Waals surface area contributed by atoms with E-state index in [1.54, 1.807) is 24.1 Å². The molecule has 0 radical (unpaired) electrons. The summed E-state index contributed by atoms with van der Waals surface area (Å²) in [5.41, 5.74) is 1.17. The fraction of sp³-hybridized carbons (Fsp3) is 0.333. The fourth-order valence-corrected chi connectivity index (χ4v) is 2.03. The van der Waals surface area contributed by atoms with Crippen molar-refractivity contribution in [2.24, 2.45) is 0 Å². The zero-order valence-electron chi connectivity index (χ0n) is 14.0. The first-order chi connectivity index (χ1) is 11.6. The van der Waals surface area contributed by atoms with Crippen molar-refractivity contribution >= 4 is 11.8 Å². The second-order valence-corrected chi connectivity index (χ2v) is 5.46. The number of benzene rings is 1. The van der Waals surface area contributed by atoms with E-state index in [-0.39, 0.29) is 30.5 Å². The molecule has 2 rings (SSSR count). The Balaban J connectivity index is 1.63. The minimum absolute atomic E-state index is 0.0535. The van der Waals surface area contributed by atoms with Gasteiger partial charge in [0.15, 0.2) is 5.76 Å². The van der Waals surface area contributed by atoms with Crippen molar-refractivity contribution in [2.75, 3.05) is 26.7 Å². The molecular weight excluding hydrogens is 308 g/mol. The molecule has 0 atom stereocenters. The maximum atomic E-state index is 12.0. The number of hydrogen-bond donors (Lipinski definition) is 1. The molecule has 0 aliphatic carbocycles. The number of ether oxygens (including phenoxy) is 1. The molecule has 0 unspecified atom stereocenters. The highest BCUT2D eigenvalue weighted by molar-refractivity contribution is 5.91. The van der Waals surface area contributed by atoms with Crippen molar-refractivity contribution in [3.63, 3.8) is 0 Å². The molecule has 0 bridgehead atoms. The summed E-state index contributed by atoms with van der Waals surface area (Å²) < 4.78 is 10.6.